The normalized spacial score (nSPS) is 11.9. The Bertz CT molecular complexity index is 675. The summed E-state index contributed by atoms with van der Waals surface area (Å²) in [4.78, 5) is 4.41. The Labute approximate surface area is 149 Å². The number of pyridine rings is 1. The van der Waals surface area contributed by atoms with Crippen LogP contribution in [0.5, 0.6) is 0 Å². The molecule has 0 saturated carbocycles. The molecule has 2 aromatic rings. The molecule has 0 aliphatic carbocycles. The SMILES string of the molecule is CCNc1c(C=N)cc(N)nc1CCCOC[C@@H](N)c1ccccc1. The molecular formula is C19H27N5O. The smallest absolute Gasteiger partial charge is 0.124 e. The van der Waals surface area contributed by atoms with E-state index in [0.29, 0.717) is 19.0 Å². The van der Waals surface area contributed by atoms with E-state index >= 15 is 0 Å². The molecule has 0 amide bonds. The summed E-state index contributed by atoms with van der Waals surface area (Å²) >= 11 is 0. The first-order valence-electron chi connectivity index (χ1n) is 8.57. The maximum absolute atomic E-state index is 7.54. The number of nitrogens with zero attached hydrogens (tertiary/aromatic N) is 1. The van der Waals surface area contributed by atoms with Crippen molar-refractivity contribution in [3.8, 4) is 0 Å². The van der Waals surface area contributed by atoms with Gasteiger partial charge in [-0.3, -0.25) is 0 Å². The number of hydrogen-bond donors (Lipinski definition) is 4. The molecule has 1 heterocycles. The Morgan fingerprint density at radius 2 is 2.08 bits per heavy atom. The average Bonchev–Trinajstić information content (AvgIpc) is 2.63. The lowest BCUT2D eigenvalue weighted by Crippen LogP contribution is -2.17. The van der Waals surface area contributed by atoms with Crippen molar-refractivity contribution < 1.29 is 4.74 Å². The van der Waals surface area contributed by atoms with Crippen LogP contribution in [0.25, 0.3) is 0 Å². The number of hydrogen-bond acceptors (Lipinski definition) is 6. The minimum Gasteiger partial charge on any atom is -0.384 e. The molecule has 0 saturated heterocycles. The second-order valence-electron chi connectivity index (χ2n) is 5.83. The lowest BCUT2D eigenvalue weighted by Gasteiger charge is -2.15. The molecule has 0 aliphatic rings. The standard InChI is InChI=1S/C19H27N5O/c1-2-23-19-15(12-20)11-18(22)24-17(19)9-6-10-25-13-16(21)14-7-4-3-5-8-14/h3-5,7-8,11-12,16,20,23H,2,6,9-10,13,21H2,1H3,(H2,22,24)/t16-/m1/s1. The molecule has 134 valence electrons. The number of anilines is 2. The van der Waals surface area contributed by atoms with Crippen molar-refractivity contribution in [2.45, 2.75) is 25.8 Å². The Morgan fingerprint density at radius 1 is 1.32 bits per heavy atom. The molecule has 25 heavy (non-hydrogen) atoms. The second kappa shape index (κ2) is 9.76. The zero-order valence-electron chi connectivity index (χ0n) is 14.7. The first-order chi connectivity index (χ1) is 12.2. The fourth-order valence-electron chi connectivity index (χ4n) is 2.67. The van der Waals surface area contributed by atoms with Gasteiger partial charge in [0, 0.05) is 24.9 Å². The van der Waals surface area contributed by atoms with Crippen molar-refractivity contribution in [2.24, 2.45) is 5.73 Å². The summed E-state index contributed by atoms with van der Waals surface area (Å²) < 4.78 is 5.71. The van der Waals surface area contributed by atoms with Gasteiger partial charge in [-0.05, 0) is 31.4 Å². The molecule has 0 bridgehead atoms. The van der Waals surface area contributed by atoms with Crippen LogP contribution in [0.2, 0.25) is 0 Å². The number of nitrogens with two attached hydrogens (primary N) is 2. The molecule has 6 nitrogen and oxygen atoms in total. The maximum Gasteiger partial charge on any atom is 0.124 e. The minimum absolute atomic E-state index is 0.117. The Hall–Kier alpha value is -2.44. The van der Waals surface area contributed by atoms with Crippen LogP contribution in [-0.4, -0.2) is 31.0 Å². The van der Waals surface area contributed by atoms with Gasteiger partial charge in [-0.1, -0.05) is 30.3 Å². The van der Waals surface area contributed by atoms with Gasteiger partial charge in [0.2, 0.25) is 0 Å². The number of rotatable bonds is 10. The van der Waals surface area contributed by atoms with Crippen LogP contribution in [0, 0.1) is 5.41 Å². The van der Waals surface area contributed by atoms with Crippen LogP contribution in [0.1, 0.15) is 36.2 Å². The van der Waals surface area contributed by atoms with E-state index in [-0.39, 0.29) is 6.04 Å². The van der Waals surface area contributed by atoms with Crippen molar-refractivity contribution in [2.75, 3.05) is 30.8 Å². The van der Waals surface area contributed by atoms with E-state index in [1.54, 1.807) is 6.07 Å². The largest absolute Gasteiger partial charge is 0.384 e. The Morgan fingerprint density at radius 3 is 2.76 bits per heavy atom. The summed E-state index contributed by atoms with van der Waals surface area (Å²) in [6.07, 6.45) is 2.84. The van der Waals surface area contributed by atoms with Gasteiger partial charge in [0.25, 0.3) is 0 Å². The van der Waals surface area contributed by atoms with Gasteiger partial charge in [0.15, 0.2) is 0 Å². The zero-order valence-corrected chi connectivity index (χ0v) is 14.7. The highest BCUT2D eigenvalue weighted by Crippen LogP contribution is 2.22. The summed E-state index contributed by atoms with van der Waals surface area (Å²) in [5, 5.41) is 10.8. The number of nitrogens with one attached hydrogen (secondary N) is 2. The Kier molecular flexibility index (Phi) is 7.37. The van der Waals surface area contributed by atoms with E-state index in [9.17, 15) is 0 Å². The fourth-order valence-corrected chi connectivity index (χ4v) is 2.67. The lowest BCUT2D eigenvalue weighted by molar-refractivity contribution is 0.119. The van der Waals surface area contributed by atoms with E-state index in [1.165, 1.54) is 6.21 Å². The molecule has 2 rings (SSSR count). The number of benzene rings is 1. The number of nitrogen functional groups attached to an aromatic ring is 1. The molecule has 0 unspecified atom stereocenters. The van der Waals surface area contributed by atoms with E-state index in [0.717, 1.165) is 41.9 Å². The van der Waals surface area contributed by atoms with Crippen molar-refractivity contribution in [1.29, 1.82) is 5.41 Å². The van der Waals surface area contributed by atoms with Gasteiger partial charge in [0.1, 0.15) is 5.82 Å². The molecule has 6 N–H and O–H groups in total. The van der Waals surface area contributed by atoms with Gasteiger partial charge in [0.05, 0.1) is 24.0 Å². The lowest BCUT2D eigenvalue weighted by atomic mass is 10.1. The zero-order chi connectivity index (χ0) is 18.1. The third kappa shape index (κ3) is 5.55. The summed E-state index contributed by atoms with van der Waals surface area (Å²) in [5.41, 5.74) is 15.6. The predicted molar refractivity (Wildman–Crippen MR) is 103 cm³/mol. The number of aryl methyl sites for hydroxylation is 1. The molecular weight excluding hydrogens is 314 g/mol. The summed E-state index contributed by atoms with van der Waals surface area (Å²) in [7, 11) is 0. The highest BCUT2D eigenvalue weighted by Gasteiger charge is 2.10. The fraction of sp³-hybridized carbons (Fsp3) is 0.368. The molecule has 1 atom stereocenters. The van der Waals surface area contributed by atoms with Gasteiger partial charge in [-0.2, -0.15) is 0 Å². The number of aromatic nitrogens is 1. The van der Waals surface area contributed by atoms with Gasteiger partial charge in [-0.15, -0.1) is 0 Å². The van der Waals surface area contributed by atoms with E-state index in [4.69, 9.17) is 21.6 Å². The van der Waals surface area contributed by atoms with E-state index < -0.39 is 0 Å². The van der Waals surface area contributed by atoms with Crippen LogP contribution >= 0.6 is 0 Å². The van der Waals surface area contributed by atoms with Crippen molar-refractivity contribution >= 4 is 17.7 Å². The molecule has 0 radical (unpaired) electrons. The van der Waals surface area contributed by atoms with Crippen LogP contribution in [-0.2, 0) is 11.2 Å². The molecule has 6 heteroatoms. The first kappa shape index (κ1) is 18.9. The van der Waals surface area contributed by atoms with E-state index in [1.807, 2.05) is 37.3 Å². The molecule has 0 spiro atoms. The van der Waals surface area contributed by atoms with Gasteiger partial charge >= 0.3 is 0 Å². The van der Waals surface area contributed by atoms with Crippen molar-refractivity contribution in [3.63, 3.8) is 0 Å². The highest BCUT2D eigenvalue weighted by atomic mass is 16.5. The molecule has 0 fully saturated rings. The van der Waals surface area contributed by atoms with Gasteiger partial charge < -0.3 is 26.9 Å². The van der Waals surface area contributed by atoms with E-state index in [2.05, 4.69) is 10.3 Å². The second-order valence-corrected chi connectivity index (χ2v) is 5.83. The first-order valence-corrected chi connectivity index (χ1v) is 8.57. The highest BCUT2D eigenvalue weighted by molar-refractivity contribution is 5.87. The minimum atomic E-state index is -0.117. The Balaban J connectivity index is 1.85. The van der Waals surface area contributed by atoms with Crippen LogP contribution in [0.15, 0.2) is 36.4 Å². The summed E-state index contributed by atoms with van der Waals surface area (Å²) in [6, 6.07) is 11.5. The molecule has 1 aromatic heterocycles. The molecule has 0 aliphatic heterocycles. The van der Waals surface area contributed by atoms with Crippen LogP contribution in [0.4, 0.5) is 11.5 Å². The quantitative estimate of drug-likeness (QED) is 0.392. The third-order valence-electron chi connectivity index (χ3n) is 3.88. The maximum atomic E-state index is 7.54. The summed E-state index contributed by atoms with van der Waals surface area (Å²) in [6.45, 7) is 3.87. The molecule has 1 aromatic carbocycles. The average molecular weight is 341 g/mol. The van der Waals surface area contributed by atoms with Crippen molar-refractivity contribution in [1.82, 2.24) is 4.98 Å². The third-order valence-corrected chi connectivity index (χ3v) is 3.88. The van der Waals surface area contributed by atoms with Crippen molar-refractivity contribution in [3.05, 3.63) is 53.2 Å². The summed E-state index contributed by atoms with van der Waals surface area (Å²) in [5.74, 6) is 0.433. The number of ether oxygens (including phenoxy) is 1. The van der Waals surface area contributed by atoms with Gasteiger partial charge in [-0.25, -0.2) is 4.98 Å². The predicted octanol–water partition coefficient (Wildman–Crippen LogP) is 2.74. The monoisotopic (exact) mass is 341 g/mol. The van der Waals surface area contributed by atoms with Crippen LogP contribution < -0.4 is 16.8 Å². The topological polar surface area (TPSA) is 110 Å². The van der Waals surface area contributed by atoms with Crippen LogP contribution in [0.3, 0.4) is 0 Å².